The van der Waals surface area contributed by atoms with Crippen LogP contribution in [0.1, 0.15) is 24.5 Å². The molecular weight excluding hydrogens is 553 g/mol. The summed E-state index contributed by atoms with van der Waals surface area (Å²) in [7, 11) is 0. The van der Waals surface area contributed by atoms with Gasteiger partial charge in [-0.05, 0) is 64.6 Å². The van der Waals surface area contributed by atoms with Gasteiger partial charge in [0.1, 0.15) is 12.2 Å². The molecule has 5 rings (SSSR count). The Morgan fingerprint density at radius 3 is 2.82 bits per heavy atom. The molecule has 0 aliphatic carbocycles. The Kier molecular flexibility index (Phi) is 6.31. The molecule has 3 N–H and O–H groups in total. The van der Waals surface area contributed by atoms with Gasteiger partial charge in [-0.15, -0.1) is 11.3 Å². The van der Waals surface area contributed by atoms with Crippen LogP contribution in [0.25, 0.3) is 21.9 Å². The van der Waals surface area contributed by atoms with Crippen LogP contribution in [0, 0.1) is 15.4 Å². The molecule has 8 nitrogen and oxygen atoms in total. The molecule has 10 heteroatoms. The smallest absolute Gasteiger partial charge is 0.208 e. The first kappa shape index (κ1) is 22.2. The molecule has 3 aromatic heterocycles. The second kappa shape index (κ2) is 9.36. The third-order valence-electron chi connectivity index (χ3n) is 5.25. The van der Waals surface area contributed by atoms with Crippen LogP contribution in [0.4, 0.5) is 5.82 Å². The van der Waals surface area contributed by atoms with E-state index in [1.165, 1.54) is 11.3 Å². The predicted molar refractivity (Wildman–Crippen MR) is 135 cm³/mol. The van der Waals surface area contributed by atoms with Crippen LogP contribution < -0.4 is 5.32 Å². The molecule has 0 amide bonds. The van der Waals surface area contributed by atoms with Gasteiger partial charge in [-0.1, -0.05) is 24.1 Å². The minimum atomic E-state index is -1.11. The molecule has 1 aliphatic heterocycles. The molecule has 4 heterocycles. The summed E-state index contributed by atoms with van der Waals surface area (Å²) in [5.41, 5.74) is 2.13. The molecule has 1 saturated heterocycles. The first-order chi connectivity index (χ1) is 16.0. The van der Waals surface area contributed by atoms with E-state index >= 15 is 0 Å². The van der Waals surface area contributed by atoms with Gasteiger partial charge in [0.25, 0.3) is 0 Å². The number of rotatable bonds is 5. The predicted octanol–water partition coefficient (Wildman–Crippen LogP) is 3.39. The number of anilines is 1. The summed E-state index contributed by atoms with van der Waals surface area (Å²) in [5, 5.41) is 26.1. The topological polar surface area (TPSA) is 105 Å². The van der Waals surface area contributed by atoms with E-state index < -0.39 is 18.4 Å². The average molecular weight is 573 g/mol. The monoisotopic (exact) mass is 573 g/mol. The van der Waals surface area contributed by atoms with E-state index in [9.17, 15) is 10.2 Å². The Morgan fingerprint density at radius 2 is 2.12 bits per heavy atom. The van der Waals surface area contributed by atoms with E-state index in [4.69, 9.17) is 9.72 Å². The van der Waals surface area contributed by atoms with Crippen LogP contribution in [-0.4, -0.2) is 48.5 Å². The highest BCUT2D eigenvalue weighted by Gasteiger charge is 2.39. The zero-order valence-electron chi connectivity index (χ0n) is 17.6. The van der Waals surface area contributed by atoms with Gasteiger partial charge < -0.3 is 20.3 Å². The Balaban J connectivity index is 1.67. The average Bonchev–Trinajstić information content (AvgIpc) is 3.52. The van der Waals surface area contributed by atoms with Crippen molar-refractivity contribution in [2.75, 3.05) is 11.9 Å². The van der Waals surface area contributed by atoms with Crippen molar-refractivity contribution in [3.05, 3.63) is 56.7 Å². The summed E-state index contributed by atoms with van der Waals surface area (Å²) in [6.45, 7) is 2.30. The van der Waals surface area contributed by atoms with Gasteiger partial charge >= 0.3 is 0 Å². The summed E-state index contributed by atoms with van der Waals surface area (Å²) in [6.07, 6.45) is -2.93. The van der Waals surface area contributed by atoms with Crippen LogP contribution in [0.5, 0.6) is 0 Å². The highest BCUT2D eigenvalue weighted by atomic mass is 127. The van der Waals surface area contributed by atoms with Gasteiger partial charge in [-0.2, -0.15) is 0 Å². The van der Waals surface area contributed by atoms with Crippen molar-refractivity contribution in [2.45, 2.75) is 31.9 Å². The molecule has 33 heavy (non-hydrogen) atoms. The maximum Gasteiger partial charge on any atom is 0.208 e. The fourth-order valence-electron chi connectivity index (χ4n) is 3.73. The highest BCUT2D eigenvalue weighted by molar-refractivity contribution is 14.1. The lowest BCUT2D eigenvalue weighted by Gasteiger charge is -2.19. The summed E-state index contributed by atoms with van der Waals surface area (Å²) in [5.74, 6) is 7.24. The van der Waals surface area contributed by atoms with Crippen LogP contribution >= 0.6 is 33.9 Å². The number of hydrogen-bond acceptors (Lipinski definition) is 8. The van der Waals surface area contributed by atoms with Gasteiger partial charge in [0.2, 0.25) is 5.82 Å². The molecule has 4 aromatic rings. The van der Waals surface area contributed by atoms with Gasteiger partial charge in [0, 0.05) is 10.1 Å². The van der Waals surface area contributed by atoms with Crippen molar-refractivity contribution in [1.82, 2.24) is 19.5 Å². The summed E-state index contributed by atoms with van der Waals surface area (Å²) in [6, 6.07) is 12.1. The van der Waals surface area contributed by atoms with Crippen molar-refractivity contribution in [3.63, 3.8) is 0 Å². The van der Waals surface area contributed by atoms with Gasteiger partial charge in [0.15, 0.2) is 29.0 Å². The molecule has 0 radical (unpaired) electrons. The number of nitrogens with zero attached hydrogens (tertiary/aromatic N) is 4. The Bertz CT molecular complexity index is 1360. The molecular formula is C23H20IN5O3S. The van der Waals surface area contributed by atoms with Crippen molar-refractivity contribution in [1.29, 1.82) is 0 Å². The van der Waals surface area contributed by atoms with Gasteiger partial charge in [0.05, 0.1) is 11.5 Å². The van der Waals surface area contributed by atoms with Gasteiger partial charge in [-0.25, -0.2) is 15.0 Å². The Morgan fingerprint density at radius 1 is 1.24 bits per heavy atom. The first-order valence-corrected chi connectivity index (χ1v) is 12.2. The lowest BCUT2D eigenvalue weighted by atomic mass is 10.2. The largest absolute Gasteiger partial charge is 0.388 e. The first-order valence-electron chi connectivity index (χ1n) is 10.3. The van der Waals surface area contributed by atoms with Crippen LogP contribution in [0.3, 0.4) is 0 Å². The second-order valence-electron chi connectivity index (χ2n) is 7.49. The fraction of sp³-hybridized carbons (Fsp3) is 0.261. The molecule has 1 aliphatic rings. The zero-order chi connectivity index (χ0) is 22.9. The highest BCUT2D eigenvalue weighted by Crippen LogP contribution is 2.36. The number of aromatic nitrogens is 4. The second-order valence-corrected chi connectivity index (χ2v) is 9.68. The molecule has 0 saturated carbocycles. The molecule has 0 bridgehead atoms. The van der Waals surface area contributed by atoms with E-state index in [2.05, 4.69) is 55.8 Å². The molecule has 1 fully saturated rings. The quantitative estimate of drug-likeness (QED) is 0.248. The number of benzene rings is 1. The van der Waals surface area contributed by atoms with Crippen LogP contribution in [0.2, 0.25) is 0 Å². The summed E-state index contributed by atoms with van der Waals surface area (Å²) in [4.78, 5) is 15.0. The van der Waals surface area contributed by atoms with Crippen molar-refractivity contribution < 1.29 is 14.9 Å². The number of imidazole rings is 1. The summed E-state index contributed by atoms with van der Waals surface area (Å²) >= 11 is 3.80. The third-order valence-corrected chi connectivity index (χ3v) is 6.78. The molecule has 1 aromatic carbocycles. The minimum absolute atomic E-state index is 0.0276. The Hall–Kier alpha value is -2.56. The number of hydrogen-bond donors (Lipinski definition) is 3. The molecule has 0 unspecified atom stereocenters. The third kappa shape index (κ3) is 4.34. The summed E-state index contributed by atoms with van der Waals surface area (Å²) < 4.78 is 8.64. The van der Waals surface area contributed by atoms with E-state index in [-0.39, 0.29) is 6.61 Å². The lowest BCUT2D eigenvalue weighted by molar-refractivity contribution is -0.0152. The van der Waals surface area contributed by atoms with Crippen molar-refractivity contribution >= 4 is 50.9 Å². The van der Waals surface area contributed by atoms with E-state index in [1.54, 1.807) is 11.5 Å². The van der Waals surface area contributed by atoms with E-state index in [1.807, 2.05) is 35.7 Å². The Labute approximate surface area is 207 Å². The SMILES string of the molecule is CC#Cc1nc(NCc2cccc(I)c2)c2nc(-c3cccs3)n([C@@H]3OC[C@@H](O)[C@H]3O)c2n1. The van der Waals surface area contributed by atoms with E-state index in [0.717, 1.165) is 14.0 Å². The van der Waals surface area contributed by atoms with Crippen molar-refractivity contribution in [3.8, 4) is 22.5 Å². The zero-order valence-corrected chi connectivity index (χ0v) is 20.5. The van der Waals surface area contributed by atoms with Crippen LogP contribution in [-0.2, 0) is 11.3 Å². The van der Waals surface area contributed by atoms with Gasteiger partial charge in [-0.3, -0.25) is 4.57 Å². The molecule has 0 spiro atoms. The number of halogens is 1. The van der Waals surface area contributed by atoms with Crippen LogP contribution in [0.15, 0.2) is 41.8 Å². The number of aliphatic hydroxyl groups is 2. The number of aliphatic hydroxyl groups excluding tert-OH is 2. The normalized spacial score (nSPS) is 20.1. The number of fused-ring (bicyclic) bond motifs is 1. The standard InChI is InChI=1S/C23H20IN5O3S/c1-2-5-17-26-20(25-11-13-6-3-7-14(24)10-13)18-22(27-17)29(23-19(31)15(30)12-32-23)21(28-18)16-8-4-9-33-16/h3-4,6-10,15,19,23,30-31H,11-12H2,1H3,(H,25,26,27)/t15-,19-,23-/m1/s1. The van der Waals surface area contributed by atoms with E-state index in [0.29, 0.717) is 35.2 Å². The molecule has 3 atom stereocenters. The maximum atomic E-state index is 10.6. The number of nitrogens with one attached hydrogen (secondary N) is 1. The number of thiophene rings is 1. The number of ether oxygens (including phenoxy) is 1. The minimum Gasteiger partial charge on any atom is -0.388 e. The maximum absolute atomic E-state index is 10.6. The lowest BCUT2D eigenvalue weighted by Crippen LogP contribution is -2.28. The molecule has 168 valence electrons. The fourth-order valence-corrected chi connectivity index (χ4v) is 5.05. The van der Waals surface area contributed by atoms with Crippen molar-refractivity contribution in [2.24, 2.45) is 0 Å².